The topological polar surface area (TPSA) is 40.6 Å². The monoisotopic (exact) mass is 282 g/mol. The maximum atomic E-state index is 12.4. The van der Waals surface area contributed by atoms with Crippen LogP contribution in [0, 0.1) is 6.92 Å². The summed E-state index contributed by atoms with van der Waals surface area (Å²) in [6, 6.07) is 7.08. The molecule has 0 radical (unpaired) electrons. The molecular formula is C14H22N2O2S. The van der Waals surface area contributed by atoms with Crippen LogP contribution in [0.1, 0.15) is 18.4 Å². The van der Waals surface area contributed by atoms with E-state index in [1.807, 2.05) is 13.0 Å². The second-order valence-corrected chi connectivity index (χ2v) is 7.24. The van der Waals surface area contributed by atoms with E-state index in [1.165, 1.54) is 17.1 Å². The van der Waals surface area contributed by atoms with Gasteiger partial charge in [-0.05, 0) is 50.6 Å². The van der Waals surface area contributed by atoms with Crippen molar-refractivity contribution in [2.75, 3.05) is 33.2 Å². The molecule has 1 saturated heterocycles. The molecule has 0 aromatic heterocycles. The van der Waals surface area contributed by atoms with Gasteiger partial charge in [-0.1, -0.05) is 12.1 Å². The highest BCUT2D eigenvalue weighted by Gasteiger charge is 2.21. The SMILES string of the molecule is Cc1cccc(S(=O)(=O)N(C)CCN2CCCC2)c1. The van der Waals surface area contributed by atoms with Crippen LogP contribution in [0.5, 0.6) is 0 Å². The standard InChI is InChI=1S/C14H22N2O2S/c1-13-6-5-7-14(12-13)19(17,18)15(2)10-11-16-8-3-4-9-16/h5-7,12H,3-4,8-11H2,1-2H3. The largest absolute Gasteiger partial charge is 0.302 e. The lowest BCUT2D eigenvalue weighted by atomic mass is 10.2. The van der Waals surface area contributed by atoms with E-state index in [1.54, 1.807) is 25.2 Å². The fourth-order valence-electron chi connectivity index (χ4n) is 2.36. The van der Waals surface area contributed by atoms with Gasteiger partial charge in [-0.3, -0.25) is 0 Å². The molecule has 1 aromatic carbocycles. The maximum absolute atomic E-state index is 12.4. The van der Waals surface area contributed by atoms with Crippen LogP contribution in [0.15, 0.2) is 29.2 Å². The van der Waals surface area contributed by atoms with Gasteiger partial charge in [0.15, 0.2) is 0 Å². The zero-order valence-electron chi connectivity index (χ0n) is 11.7. The Labute approximate surface area is 116 Å². The molecule has 1 fully saturated rings. The number of hydrogen-bond donors (Lipinski definition) is 0. The smallest absolute Gasteiger partial charge is 0.242 e. The zero-order chi connectivity index (χ0) is 13.9. The van der Waals surface area contributed by atoms with Gasteiger partial charge in [0.2, 0.25) is 10.0 Å². The van der Waals surface area contributed by atoms with Crippen LogP contribution in [0.2, 0.25) is 0 Å². The summed E-state index contributed by atoms with van der Waals surface area (Å²) in [5.74, 6) is 0. The lowest BCUT2D eigenvalue weighted by Crippen LogP contribution is -2.35. The third-order valence-electron chi connectivity index (χ3n) is 3.63. The van der Waals surface area contributed by atoms with E-state index < -0.39 is 10.0 Å². The van der Waals surface area contributed by atoms with Crippen LogP contribution in [0.3, 0.4) is 0 Å². The van der Waals surface area contributed by atoms with E-state index in [-0.39, 0.29) is 0 Å². The molecule has 0 bridgehead atoms. The molecule has 4 nitrogen and oxygen atoms in total. The molecule has 1 aromatic rings. The van der Waals surface area contributed by atoms with E-state index in [2.05, 4.69) is 4.90 Å². The minimum atomic E-state index is -3.35. The van der Waals surface area contributed by atoms with Crippen LogP contribution in [-0.4, -0.2) is 50.8 Å². The quantitative estimate of drug-likeness (QED) is 0.825. The summed E-state index contributed by atoms with van der Waals surface area (Å²) in [6.07, 6.45) is 2.46. The number of aryl methyl sites for hydroxylation is 1. The summed E-state index contributed by atoms with van der Waals surface area (Å²) in [5, 5.41) is 0. The van der Waals surface area contributed by atoms with Gasteiger partial charge in [0.1, 0.15) is 0 Å². The third-order valence-corrected chi connectivity index (χ3v) is 5.48. The fourth-order valence-corrected chi connectivity index (χ4v) is 3.63. The molecule has 0 atom stereocenters. The van der Waals surface area contributed by atoms with Gasteiger partial charge in [-0.15, -0.1) is 0 Å². The molecular weight excluding hydrogens is 260 g/mol. The molecule has 0 unspecified atom stereocenters. The van der Waals surface area contributed by atoms with Crippen molar-refractivity contribution in [2.24, 2.45) is 0 Å². The normalized spacial score (nSPS) is 17.2. The molecule has 1 aliphatic heterocycles. The molecule has 0 saturated carbocycles. The van der Waals surface area contributed by atoms with Crippen molar-refractivity contribution in [2.45, 2.75) is 24.7 Å². The average molecular weight is 282 g/mol. The number of benzene rings is 1. The summed E-state index contributed by atoms with van der Waals surface area (Å²) in [7, 11) is -1.69. The Hall–Kier alpha value is -0.910. The summed E-state index contributed by atoms with van der Waals surface area (Å²) in [4.78, 5) is 2.71. The van der Waals surface area contributed by atoms with E-state index in [0.29, 0.717) is 11.4 Å². The van der Waals surface area contributed by atoms with Crippen molar-refractivity contribution in [3.63, 3.8) is 0 Å². The Morgan fingerprint density at radius 2 is 1.95 bits per heavy atom. The van der Waals surface area contributed by atoms with Crippen molar-refractivity contribution in [3.05, 3.63) is 29.8 Å². The first-order valence-electron chi connectivity index (χ1n) is 6.75. The summed E-state index contributed by atoms with van der Waals surface area (Å²) in [6.45, 7) is 5.47. The van der Waals surface area contributed by atoms with E-state index in [0.717, 1.165) is 25.2 Å². The fraction of sp³-hybridized carbons (Fsp3) is 0.571. The number of nitrogens with zero attached hydrogens (tertiary/aromatic N) is 2. The molecule has 19 heavy (non-hydrogen) atoms. The van der Waals surface area contributed by atoms with Crippen molar-refractivity contribution in [1.82, 2.24) is 9.21 Å². The molecule has 0 amide bonds. The van der Waals surface area contributed by atoms with Gasteiger partial charge in [-0.25, -0.2) is 8.42 Å². The first-order valence-corrected chi connectivity index (χ1v) is 8.19. The highest BCUT2D eigenvalue weighted by Crippen LogP contribution is 2.16. The lowest BCUT2D eigenvalue weighted by Gasteiger charge is -2.21. The third kappa shape index (κ3) is 3.55. The minimum absolute atomic E-state index is 0.386. The summed E-state index contributed by atoms with van der Waals surface area (Å²) in [5.41, 5.74) is 0.967. The number of likely N-dealkylation sites (N-methyl/N-ethyl adjacent to an activating group) is 1. The number of likely N-dealkylation sites (tertiary alicyclic amines) is 1. The summed E-state index contributed by atoms with van der Waals surface area (Å²) < 4.78 is 26.3. The van der Waals surface area contributed by atoms with Crippen LogP contribution in [0.4, 0.5) is 0 Å². The van der Waals surface area contributed by atoms with E-state index >= 15 is 0 Å². The molecule has 0 aliphatic carbocycles. The van der Waals surface area contributed by atoms with Crippen LogP contribution in [-0.2, 0) is 10.0 Å². The lowest BCUT2D eigenvalue weighted by molar-refractivity contribution is 0.310. The molecule has 0 N–H and O–H groups in total. The van der Waals surface area contributed by atoms with Crippen molar-refractivity contribution in [1.29, 1.82) is 0 Å². The number of hydrogen-bond acceptors (Lipinski definition) is 3. The molecule has 0 spiro atoms. The Balaban J connectivity index is 2.02. The van der Waals surface area contributed by atoms with Crippen LogP contribution >= 0.6 is 0 Å². The first kappa shape index (κ1) is 14.5. The average Bonchev–Trinajstić information content (AvgIpc) is 2.89. The number of sulfonamides is 1. The van der Waals surface area contributed by atoms with Gasteiger partial charge in [-0.2, -0.15) is 4.31 Å². The van der Waals surface area contributed by atoms with E-state index in [9.17, 15) is 8.42 Å². The molecule has 1 aliphatic rings. The van der Waals surface area contributed by atoms with Crippen molar-refractivity contribution < 1.29 is 8.42 Å². The predicted molar refractivity (Wildman–Crippen MR) is 76.7 cm³/mol. The molecule has 1 heterocycles. The molecule has 106 valence electrons. The Bertz CT molecular complexity index is 522. The van der Waals surface area contributed by atoms with Gasteiger partial charge in [0.05, 0.1) is 4.90 Å². The van der Waals surface area contributed by atoms with Crippen LogP contribution < -0.4 is 0 Å². The number of rotatable bonds is 5. The van der Waals surface area contributed by atoms with Crippen molar-refractivity contribution >= 4 is 10.0 Å². The predicted octanol–water partition coefficient (Wildman–Crippen LogP) is 1.71. The Kier molecular flexibility index (Phi) is 4.60. The van der Waals surface area contributed by atoms with Gasteiger partial charge in [0.25, 0.3) is 0 Å². The maximum Gasteiger partial charge on any atom is 0.242 e. The van der Waals surface area contributed by atoms with Gasteiger partial charge < -0.3 is 4.90 Å². The zero-order valence-corrected chi connectivity index (χ0v) is 12.5. The minimum Gasteiger partial charge on any atom is -0.302 e. The van der Waals surface area contributed by atoms with Crippen LogP contribution in [0.25, 0.3) is 0 Å². The Morgan fingerprint density at radius 3 is 2.58 bits per heavy atom. The summed E-state index contributed by atoms with van der Waals surface area (Å²) >= 11 is 0. The second kappa shape index (κ2) is 6.03. The Morgan fingerprint density at radius 1 is 1.26 bits per heavy atom. The van der Waals surface area contributed by atoms with Gasteiger partial charge in [0, 0.05) is 20.1 Å². The van der Waals surface area contributed by atoms with Crippen molar-refractivity contribution in [3.8, 4) is 0 Å². The first-order chi connectivity index (χ1) is 9.00. The molecule has 5 heteroatoms. The molecule has 2 rings (SSSR count). The van der Waals surface area contributed by atoms with Gasteiger partial charge >= 0.3 is 0 Å². The highest BCUT2D eigenvalue weighted by atomic mass is 32.2. The van der Waals surface area contributed by atoms with E-state index in [4.69, 9.17) is 0 Å². The highest BCUT2D eigenvalue weighted by molar-refractivity contribution is 7.89. The second-order valence-electron chi connectivity index (χ2n) is 5.19.